The molecule has 4 aromatic rings. The summed E-state index contributed by atoms with van der Waals surface area (Å²) in [6.45, 7) is 5.39. The molecule has 0 spiro atoms. The van der Waals surface area contributed by atoms with Gasteiger partial charge in [0.25, 0.3) is 5.56 Å². The van der Waals surface area contributed by atoms with Gasteiger partial charge < -0.3 is 15.0 Å². The van der Waals surface area contributed by atoms with Gasteiger partial charge in [0.15, 0.2) is 17.3 Å². The van der Waals surface area contributed by atoms with Crippen molar-refractivity contribution in [3.63, 3.8) is 0 Å². The molecule has 4 heterocycles. The van der Waals surface area contributed by atoms with Gasteiger partial charge in [0.2, 0.25) is 5.95 Å². The minimum atomic E-state index is -2.43. The molecule has 0 saturated carbocycles. The van der Waals surface area contributed by atoms with Gasteiger partial charge >= 0.3 is 0 Å². The van der Waals surface area contributed by atoms with E-state index in [1.807, 2.05) is 0 Å². The van der Waals surface area contributed by atoms with Crippen LogP contribution in [0, 0.1) is 0 Å². The molecule has 1 aliphatic carbocycles. The average molecular weight is 601 g/mol. The molecule has 0 fully saturated rings. The molecule has 0 amide bonds. The number of hydrogen-bond donors (Lipinski definition) is 1. The van der Waals surface area contributed by atoms with Gasteiger partial charge in [-0.25, -0.2) is 23.5 Å². The molecule has 2 aliphatic rings. The van der Waals surface area contributed by atoms with Gasteiger partial charge in [0.1, 0.15) is 5.39 Å². The van der Waals surface area contributed by atoms with Gasteiger partial charge in [-0.2, -0.15) is 9.35 Å². The maximum atomic E-state index is 13.4. The lowest BCUT2D eigenvalue weighted by Crippen LogP contribution is -2.28. The van der Waals surface area contributed by atoms with E-state index < -0.39 is 9.73 Å². The molecule has 1 aromatic carbocycles. The van der Waals surface area contributed by atoms with Crippen LogP contribution in [0.25, 0.3) is 22.4 Å². The fraction of sp³-hybridized carbons (Fsp3) is 0.355. The molecule has 1 unspecified atom stereocenters. The number of nitrogens with zero attached hydrogens (tertiary/aromatic N) is 7. The fourth-order valence-electron chi connectivity index (χ4n) is 5.76. The van der Waals surface area contributed by atoms with Crippen LogP contribution in [0.2, 0.25) is 0 Å². The van der Waals surface area contributed by atoms with Crippen LogP contribution in [0.1, 0.15) is 23.1 Å². The van der Waals surface area contributed by atoms with E-state index in [1.54, 1.807) is 47.7 Å². The van der Waals surface area contributed by atoms with Crippen molar-refractivity contribution in [3.05, 3.63) is 82.3 Å². The number of fused-ring (bicyclic) bond motifs is 2. The second kappa shape index (κ2) is 11.5. The summed E-state index contributed by atoms with van der Waals surface area (Å²) in [5.74, 6) is 1.09. The van der Waals surface area contributed by atoms with E-state index in [4.69, 9.17) is 9.72 Å². The highest BCUT2D eigenvalue weighted by Crippen LogP contribution is 2.37. The number of anilines is 2. The van der Waals surface area contributed by atoms with E-state index in [1.165, 1.54) is 26.9 Å². The molecule has 0 radical (unpaired) electrons. The van der Waals surface area contributed by atoms with E-state index in [0.29, 0.717) is 47.9 Å². The number of allylic oxidation sites excluding steroid dienone is 1. The summed E-state index contributed by atoms with van der Waals surface area (Å²) in [6.07, 6.45) is 11.3. The zero-order valence-corrected chi connectivity index (χ0v) is 25.7. The van der Waals surface area contributed by atoms with Gasteiger partial charge in [0.05, 0.1) is 19.8 Å². The van der Waals surface area contributed by atoms with Gasteiger partial charge in [-0.05, 0) is 79.9 Å². The average Bonchev–Trinajstić information content (AvgIpc) is 3.52. The van der Waals surface area contributed by atoms with Crippen molar-refractivity contribution in [2.24, 2.45) is 4.36 Å². The van der Waals surface area contributed by atoms with Crippen LogP contribution < -0.4 is 10.9 Å². The van der Waals surface area contributed by atoms with E-state index in [-0.39, 0.29) is 12.1 Å². The maximum absolute atomic E-state index is 13.4. The summed E-state index contributed by atoms with van der Waals surface area (Å²) >= 11 is 0. The van der Waals surface area contributed by atoms with Gasteiger partial charge in [-0.1, -0.05) is 18.2 Å². The molecule has 1 atom stereocenters. The summed E-state index contributed by atoms with van der Waals surface area (Å²) in [7, 11) is 1.83. The first kappa shape index (κ1) is 29.0. The predicted molar refractivity (Wildman–Crippen MR) is 171 cm³/mol. The quantitative estimate of drug-likeness (QED) is 0.300. The number of likely N-dealkylation sites (N-methyl/N-ethyl adjacent to an activating group) is 1. The SMILES string of the molecule is C=CCn1c(=O)c2cnc(Nc3cc4c(c(C5=CCOCC5)c3)CC(N(C)C)C4)nc2n1-c1cccc(N=S(C)(C)=O)n1. The highest BCUT2D eigenvalue weighted by molar-refractivity contribution is 7.92. The fourth-order valence-corrected chi connectivity index (χ4v) is 6.31. The topological polar surface area (TPSA) is 120 Å². The largest absolute Gasteiger partial charge is 0.377 e. The van der Waals surface area contributed by atoms with Crippen LogP contribution in [0.5, 0.6) is 0 Å². The smallest absolute Gasteiger partial charge is 0.278 e. The Hall–Kier alpha value is -4.13. The summed E-state index contributed by atoms with van der Waals surface area (Å²) in [4.78, 5) is 29.6. The first-order valence-corrected chi connectivity index (χ1v) is 16.5. The van der Waals surface area contributed by atoms with E-state index >= 15 is 0 Å². The summed E-state index contributed by atoms with van der Waals surface area (Å²) in [6, 6.07) is 10.0. The number of nitrogens with one attached hydrogen (secondary N) is 1. The number of aromatic nitrogens is 5. The van der Waals surface area contributed by atoms with Crippen molar-refractivity contribution >= 4 is 43.8 Å². The van der Waals surface area contributed by atoms with Gasteiger partial charge in [0, 0.05) is 40.2 Å². The Kier molecular flexibility index (Phi) is 7.75. The summed E-state index contributed by atoms with van der Waals surface area (Å²) in [5.41, 5.74) is 6.27. The molecule has 1 N–H and O–H groups in total. The summed E-state index contributed by atoms with van der Waals surface area (Å²) in [5, 5.41) is 3.76. The minimum absolute atomic E-state index is 0.235. The Morgan fingerprint density at radius 1 is 1.23 bits per heavy atom. The van der Waals surface area contributed by atoms with Gasteiger partial charge in [-0.15, -0.1) is 6.58 Å². The first-order chi connectivity index (χ1) is 20.6. The molecule has 3 aromatic heterocycles. The zero-order valence-electron chi connectivity index (χ0n) is 24.9. The third-order valence-corrected chi connectivity index (χ3v) is 8.39. The lowest BCUT2D eigenvalue weighted by Gasteiger charge is -2.19. The van der Waals surface area contributed by atoms with Crippen molar-refractivity contribution in [2.75, 3.05) is 45.1 Å². The van der Waals surface area contributed by atoms with Crippen molar-refractivity contribution in [3.8, 4) is 5.82 Å². The highest BCUT2D eigenvalue weighted by Gasteiger charge is 2.28. The van der Waals surface area contributed by atoms with Crippen molar-refractivity contribution in [1.82, 2.24) is 29.2 Å². The number of hydrogen-bond acceptors (Lipinski definition) is 9. The third kappa shape index (κ3) is 5.90. The molecular weight excluding hydrogens is 564 g/mol. The highest BCUT2D eigenvalue weighted by atomic mass is 32.2. The number of pyridine rings is 1. The predicted octanol–water partition coefficient (Wildman–Crippen LogP) is 4.10. The normalized spacial score (nSPS) is 16.8. The van der Waals surface area contributed by atoms with Crippen LogP contribution in [-0.4, -0.2) is 79.3 Å². The Morgan fingerprint density at radius 2 is 2.07 bits per heavy atom. The van der Waals surface area contributed by atoms with Crippen molar-refractivity contribution in [2.45, 2.75) is 31.8 Å². The Labute approximate surface area is 251 Å². The van der Waals surface area contributed by atoms with Crippen LogP contribution in [0.15, 0.2) is 64.4 Å². The molecule has 6 rings (SSSR count). The van der Waals surface area contributed by atoms with Crippen LogP contribution in [-0.2, 0) is 33.9 Å². The molecule has 12 heteroatoms. The van der Waals surface area contributed by atoms with Crippen LogP contribution in [0.3, 0.4) is 0 Å². The third-order valence-electron chi connectivity index (χ3n) is 7.76. The van der Waals surface area contributed by atoms with Crippen molar-refractivity contribution < 1.29 is 8.95 Å². The lowest BCUT2D eigenvalue weighted by molar-refractivity contribution is 0.161. The standard InChI is InChI=1S/C31H36N8O3S/c1-6-12-38-30(40)26-19-32-31(35-29(26)39(38)28-9-7-8-27(34-28)36-43(4,5)41)33-22-15-21-16-23(37(2)3)18-25(21)24(17-22)20-10-13-42-14-11-20/h6-10,15,17,19,23H,1,11-14,16,18H2,2-5H3,(H,32,33,35). The molecule has 43 heavy (non-hydrogen) atoms. The second-order valence-electron chi connectivity index (χ2n) is 11.4. The molecular formula is C31H36N8O3S. The van der Waals surface area contributed by atoms with E-state index in [2.05, 4.69) is 63.4 Å². The maximum Gasteiger partial charge on any atom is 0.278 e. The van der Waals surface area contributed by atoms with Crippen LogP contribution >= 0.6 is 0 Å². The van der Waals surface area contributed by atoms with Crippen molar-refractivity contribution in [1.29, 1.82) is 0 Å². The summed E-state index contributed by atoms with van der Waals surface area (Å²) < 4.78 is 25.3. The number of rotatable bonds is 8. The zero-order chi connectivity index (χ0) is 30.3. The molecule has 11 nitrogen and oxygen atoms in total. The Balaban J connectivity index is 1.45. The minimum Gasteiger partial charge on any atom is -0.377 e. The molecule has 0 bridgehead atoms. The van der Waals surface area contributed by atoms with E-state index in [9.17, 15) is 9.00 Å². The number of ether oxygens (including phenoxy) is 1. The molecule has 224 valence electrons. The Bertz CT molecular complexity index is 1940. The van der Waals surface area contributed by atoms with Gasteiger partial charge in [-0.3, -0.25) is 4.79 Å². The first-order valence-electron chi connectivity index (χ1n) is 14.2. The van der Waals surface area contributed by atoms with E-state index in [0.717, 1.165) is 24.9 Å². The second-order valence-corrected chi connectivity index (χ2v) is 14.0. The molecule has 0 saturated heterocycles. The lowest BCUT2D eigenvalue weighted by atomic mass is 9.93. The Morgan fingerprint density at radius 3 is 2.79 bits per heavy atom. The van der Waals surface area contributed by atoms with Crippen LogP contribution in [0.4, 0.5) is 17.5 Å². The monoisotopic (exact) mass is 600 g/mol. The number of benzene rings is 1. The molecule has 1 aliphatic heterocycles.